The number of hydrogen-bond acceptors (Lipinski definition) is 3. The van der Waals surface area contributed by atoms with E-state index in [0.29, 0.717) is 32.5 Å². The van der Waals surface area contributed by atoms with Crippen LogP contribution in [0.1, 0.15) is 25.7 Å². The molecule has 14 heavy (non-hydrogen) atoms. The van der Waals surface area contributed by atoms with E-state index in [9.17, 15) is 0 Å². The summed E-state index contributed by atoms with van der Waals surface area (Å²) in [6.45, 7) is 2.14. The van der Waals surface area contributed by atoms with Gasteiger partial charge in [-0.3, -0.25) is 0 Å². The molecule has 1 saturated carbocycles. The van der Waals surface area contributed by atoms with Crippen LogP contribution in [0.3, 0.4) is 0 Å². The minimum atomic E-state index is 0.403. The van der Waals surface area contributed by atoms with Gasteiger partial charge in [-0.15, -0.1) is 0 Å². The topological polar surface area (TPSA) is 67.2 Å². The molecule has 0 radical (unpaired) electrons. The lowest BCUT2D eigenvalue weighted by molar-refractivity contribution is 0.00971. The highest BCUT2D eigenvalue weighted by Gasteiger charge is 2.14. The number of nitrogens with zero attached hydrogens (tertiary/aromatic N) is 3. The molecular formula is C9H17N3O2. The molecule has 0 bridgehead atoms. The lowest BCUT2D eigenvalue weighted by atomic mass is 10.3. The summed E-state index contributed by atoms with van der Waals surface area (Å²) in [6.07, 6.45) is 5.43. The van der Waals surface area contributed by atoms with E-state index in [1.54, 1.807) is 0 Å². The summed E-state index contributed by atoms with van der Waals surface area (Å²) in [5, 5.41) is 3.36. The molecule has 0 spiro atoms. The van der Waals surface area contributed by atoms with Crippen LogP contribution in [-0.4, -0.2) is 32.5 Å². The van der Waals surface area contributed by atoms with Crippen LogP contribution in [0.2, 0.25) is 0 Å². The Morgan fingerprint density at radius 1 is 1.21 bits per heavy atom. The molecular weight excluding hydrogens is 182 g/mol. The first kappa shape index (κ1) is 11.3. The predicted molar refractivity (Wildman–Crippen MR) is 53.0 cm³/mol. The number of azide groups is 1. The highest BCUT2D eigenvalue weighted by atomic mass is 16.5. The van der Waals surface area contributed by atoms with Gasteiger partial charge in [-0.1, -0.05) is 18.0 Å². The molecule has 0 unspecified atom stereocenters. The first-order valence-corrected chi connectivity index (χ1v) is 5.13. The quantitative estimate of drug-likeness (QED) is 0.273. The van der Waals surface area contributed by atoms with Gasteiger partial charge in [-0.2, -0.15) is 0 Å². The predicted octanol–water partition coefficient (Wildman–Crippen LogP) is 2.27. The zero-order chi connectivity index (χ0) is 10.1. The second kappa shape index (κ2) is 7.62. The maximum atomic E-state index is 7.99. The highest BCUT2D eigenvalue weighted by Crippen LogP contribution is 2.20. The average molecular weight is 199 g/mol. The monoisotopic (exact) mass is 199 g/mol. The van der Waals surface area contributed by atoms with E-state index < -0.39 is 0 Å². The smallest absolute Gasteiger partial charge is 0.0704 e. The van der Waals surface area contributed by atoms with Crippen molar-refractivity contribution in [3.8, 4) is 0 Å². The molecule has 1 rings (SSSR count). The Balaban J connectivity index is 1.81. The fourth-order valence-electron chi connectivity index (χ4n) is 1.58. The first-order chi connectivity index (χ1) is 6.93. The summed E-state index contributed by atoms with van der Waals surface area (Å²) >= 11 is 0. The Kier molecular flexibility index (Phi) is 6.15. The summed E-state index contributed by atoms with van der Waals surface area (Å²) < 4.78 is 10.8. The van der Waals surface area contributed by atoms with Crippen molar-refractivity contribution in [1.82, 2.24) is 0 Å². The summed E-state index contributed by atoms with van der Waals surface area (Å²) in [6, 6.07) is 0. The number of rotatable bonds is 7. The van der Waals surface area contributed by atoms with Gasteiger partial charge >= 0.3 is 0 Å². The Bertz CT molecular complexity index is 186. The lowest BCUT2D eigenvalue weighted by Crippen LogP contribution is -2.13. The van der Waals surface area contributed by atoms with Crippen LogP contribution in [0.15, 0.2) is 5.11 Å². The molecule has 0 aliphatic heterocycles. The van der Waals surface area contributed by atoms with E-state index in [1.807, 2.05) is 0 Å². The van der Waals surface area contributed by atoms with Crippen molar-refractivity contribution in [2.24, 2.45) is 5.11 Å². The van der Waals surface area contributed by atoms with Gasteiger partial charge < -0.3 is 9.47 Å². The number of hydrogen-bond donors (Lipinski definition) is 0. The van der Waals surface area contributed by atoms with Crippen LogP contribution in [0.25, 0.3) is 10.4 Å². The fourth-order valence-corrected chi connectivity index (χ4v) is 1.58. The van der Waals surface area contributed by atoms with Crippen molar-refractivity contribution < 1.29 is 9.47 Å². The van der Waals surface area contributed by atoms with E-state index >= 15 is 0 Å². The van der Waals surface area contributed by atoms with E-state index in [4.69, 9.17) is 15.0 Å². The maximum absolute atomic E-state index is 7.99. The summed E-state index contributed by atoms with van der Waals surface area (Å²) in [4.78, 5) is 2.63. The van der Waals surface area contributed by atoms with Crippen LogP contribution in [0.5, 0.6) is 0 Å². The molecule has 1 fully saturated rings. The van der Waals surface area contributed by atoms with Crippen molar-refractivity contribution in [2.45, 2.75) is 31.8 Å². The lowest BCUT2D eigenvalue weighted by Gasteiger charge is -2.10. The molecule has 5 heteroatoms. The number of ether oxygens (including phenoxy) is 2. The Hall–Kier alpha value is -0.770. The van der Waals surface area contributed by atoms with Gasteiger partial charge in [0.25, 0.3) is 0 Å². The summed E-state index contributed by atoms with van der Waals surface area (Å²) in [5.41, 5.74) is 7.99. The minimum Gasteiger partial charge on any atom is -0.379 e. The Morgan fingerprint density at radius 3 is 2.71 bits per heavy atom. The van der Waals surface area contributed by atoms with E-state index in [0.717, 1.165) is 0 Å². The van der Waals surface area contributed by atoms with Gasteiger partial charge in [0.2, 0.25) is 0 Å². The van der Waals surface area contributed by atoms with Crippen LogP contribution in [-0.2, 0) is 9.47 Å². The van der Waals surface area contributed by atoms with Crippen molar-refractivity contribution in [1.29, 1.82) is 0 Å². The second-order valence-corrected chi connectivity index (χ2v) is 3.34. The van der Waals surface area contributed by atoms with Gasteiger partial charge in [-0.25, -0.2) is 0 Å². The third-order valence-electron chi connectivity index (χ3n) is 2.28. The molecule has 0 aromatic carbocycles. The Labute approximate surface area is 84.0 Å². The van der Waals surface area contributed by atoms with Gasteiger partial charge in [0.05, 0.1) is 25.9 Å². The molecule has 5 nitrogen and oxygen atoms in total. The fraction of sp³-hybridized carbons (Fsp3) is 1.00. The first-order valence-electron chi connectivity index (χ1n) is 5.13. The van der Waals surface area contributed by atoms with Crippen LogP contribution in [0, 0.1) is 0 Å². The van der Waals surface area contributed by atoms with Crippen LogP contribution >= 0.6 is 0 Å². The maximum Gasteiger partial charge on any atom is 0.0704 e. The van der Waals surface area contributed by atoms with Gasteiger partial charge in [0.1, 0.15) is 0 Å². The van der Waals surface area contributed by atoms with Crippen LogP contribution in [0.4, 0.5) is 0 Å². The molecule has 0 saturated heterocycles. The summed E-state index contributed by atoms with van der Waals surface area (Å²) in [5.74, 6) is 0. The third kappa shape index (κ3) is 5.07. The van der Waals surface area contributed by atoms with E-state index in [-0.39, 0.29) is 0 Å². The molecule has 80 valence electrons. The van der Waals surface area contributed by atoms with Gasteiger partial charge in [0, 0.05) is 11.5 Å². The van der Waals surface area contributed by atoms with Crippen molar-refractivity contribution >= 4 is 0 Å². The van der Waals surface area contributed by atoms with Crippen LogP contribution < -0.4 is 0 Å². The average Bonchev–Trinajstić information content (AvgIpc) is 2.69. The SMILES string of the molecule is [N-]=[N+]=NCCOCCOC1CCCC1. The molecule has 0 heterocycles. The van der Waals surface area contributed by atoms with Gasteiger partial charge in [0.15, 0.2) is 0 Å². The molecule has 1 aliphatic rings. The zero-order valence-corrected chi connectivity index (χ0v) is 8.39. The normalized spacial score (nSPS) is 16.9. The summed E-state index contributed by atoms with van der Waals surface area (Å²) in [7, 11) is 0. The molecule has 0 aromatic heterocycles. The second-order valence-electron chi connectivity index (χ2n) is 3.34. The van der Waals surface area contributed by atoms with Crippen molar-refractivity contribution in [3.63, 3.8) is 0 Å². The molecule has 0 atom stereocenters. The standard InChI is InChI=1S/C9H17N3O2/c10-12-11-5-6-13-7-8-14-9-3-1-2-4-9/h9H,1-8H2. The molecule has 0 amide bonds. The molecule has 1 aliphatic carbocycles. The molecule has 0 N–H and O–H groups in total. The van der Waals surface area contributed by atoms with E-state index in [2.05, 4.69) is 10.0 Å². The third-order valence-corrected chi connectivity index (χ3v) is 2.28. The van der Waals surface area contributed by atoms with Crippen molar-refractivity contribution in [3.05, 3.63) is 10.4 Å². The minimum absolute atomic E-state index is 0.403. The highest BCUT2D eigenvalue weighted by molar-refractivity contribution is 4.66. The van der Waals surface area contributed by atoms with E-state index in [1.165, 1.54) is 25.7 Å². The Morgan fingerprint density at radius 2 is 2.00 bits per heavy atom. The molecule has 0 aromatic rings. The zero-order valence-electron chi connectivity index (χ0n) is 8.39. The van der Waals surface area contributed by atoms with Gasteiger partial charge in [-0.05, 0) is 18.4 Å². The van der Waals surface area contributed by atoms with Crippen molar-refractivity contribution in [2.75, 3.05) is 26.4 Å². The largest absolute Gasteiger partial charge is 0.379 e.